The third kappa shape index (κ3) is 4.09. The molecule has 0 saturated carbocycles. The number of rotatable bonds is 3. The summed E-state index contributed by atoms with van der Waals surface area (Å²) in [5.74, 6) is -0.0605. The van der Waals surface area contributed by atoms with E-state index in [1.54, 1.807) is 12.1 Å². The normalized spacial score (nSPS) is 14.3. The SMILES string of the molecule is Cc1cccc(C=C2CCN(C(=O)c3ccc([N+](=O)O)cc3)CC2)n1. The summed E-state index contributed by atoms with van der Waals surface area (Å²) in [5, 5.41) is 8.84. The molecule has 1 saturated heterocycles. The summed E-state index contributed by atoms with van der Waals surface area (Å²) in [5.41, 5.74) is 3.85. The highest BCUT2D eigenvalue weighted by molar-refractivity contribution is 5.94. The fourth-order valence-corrected chi connectivity index (χ4v) is 2.91. The lowest BCUT2D eigenvalue weighted by Crippen LogP contribution is -2.36. The lowest BCUT2D eigenvalue weighted by atomic mass is 10.0. The first kappa shape index (κ1) is 16.8. The molecule has 1 aromatic heterocycles. The average Bonchev–Trinajstić information content (AvgIpc) is 2.62. The lowest BCUT2D eigenvalue weighted by Gasteiger charge is -2.28. The Bertz CT molecular complexity index is 818. The minimum absolute atomic E-state index is 0.0605. The van der Waals surface area contributed by atoms with Gasteiger partial charge in [0.1, 0.15) is 0 Å². The molecular formula is C19H20N3O3+. The Morgan fingerprint density at radius 1 is 1.16 bits per heavy atom. The largest absolute Gasteiger partial charge is 0.338 e. The molecule has 128 valence electrons. The van der Waals surface area contributed by atoms with Crippen LogP contribution in [0.15, 0.2) is 48.0 Å². The number of pyridine rings is 1. The van der Waals surface area contributed by atoms with Gasteiger partial charge in [-0.15, -0.1) is 0 Å². The maximum absolute atomic E-state index is 12.5. The standard InChI is InChI=1S/C19H20N3O3/c1-14-3-2-4-17(20-14)13-15-9-11-21(12-10-15)19(23)16-5-7-18(8-6-16)22(24)25/h2-8,13H,9-12H2,1H3,(H,24,25)/q+1. The number of likely N-dealkylation sites (tertiary alicyclic amines) is 1. The molecule has 0 radical (unpaired) electrons. The molecule has 0 atom stereocenters. The maximum Gasteiger partial charge on any atom is 0.316 e. The van der Waals surface area contributed by atoms with E-state index in [0.29, 0.717) is 18.7 Å². The topological polar surface area (TPSA) is 73.5 Å². The fraction of sp³-hybridized carbons (Fsp3) is 0.263. The van der Waals surface area contributed by atoms with Crippen LogP contribution in [0.25, 0.3) is 6.08 Å². The smallest absolute Gasteiger partial charge is 0.316 e. The molecule has 0 unspecified atom stereocenters. The van der Waals surface area contributed by atoms with Crippen LogP contribution in [-0.4, -0.2) is 39.0 Å². The van der Waals surface area contributed by atoms with Crippen molar-refractivity contribution in [2.24, 2.45) is 0 Å². The quantitative estimate of drug-likeness (QED) is 0.869. The zero-order valence-corrected chi connectivity index (χ0v) is 14.1. The summed E-state index contributed by atoms with van der Waals surface area (Å²) >= 11 is 0. The molecule has 6 heteroatoms. The second-order valence-electron chi connectivity index (χ2n) is 6.12. The molecule has 0 bridgehead atoms. The Morgan fingerprint density at radius 3 is 2.44 bits per heavy atom. The van der Waals surface area contributed by atoms with Gasteiger partial charge in [0, 0.05) is 36.5 Å². The first-order chi connectivity index (χ1) is 12.0. The molecule has 3 rings (SSSR count). The summed E-state index contributed by atoms with van der Waals surface area (Å²) in [6.07, 6.45) is 3.75. The second-order valence-corrected chi connectivity index (χ2v) is 6.12. The van der Waals surface area contributed by atoms with Crippen LogP contribution in [0.2, 0.25) is 0 Å². The molecular weight excluding hydrogens is 318 g/mol. The van der Waals surface area contributed by atoms with Gasteiger partial charge in [0.2, 0.25) is 0 Å². The van der Waals surface area contributed by atoms with Gasteiger partial charge in [0.25, 0.3) is 10.8 Å². The number of hydrogen-bond donors (Lipinski definition) is 1. The highest BCUT2D eigenvalue weighted by Gasteiger charge is 2.21. The minimum Gasteiger partial charge on any atom is -0.338 e. The first-order valence-corrected chi connectivity index (χ1v) is 8.21. The van der Waals surface area contributed by atoms with Crippen LogP contribution >= 0.6 is 0 Å². The van der Waals surface area contributed by atoms with Crippen molar-refractivity contribution in [1.82, 2.24) is 9.88 Å². The average molecular weight is 338 g/mol. The number of aromatic nitrogens is 1. The van der Waals surface area contributed by atoms with Gasteiger partial charge >= 0.3 is 5.69 Å². The number of hydrogen-bond acceptors (Lipinski definition) is 3. The van der Waals surface area contributed by atoms with Crippen LogP contribution in [0.3, 0.4) is 0 Å². The van der Waals surface area contributed by atoms with E-state index in [1.165, 1.54) is 17.7 Å². The Hall–Kier alpha value is -3.02. The first-order valence-electron chi connectivity index (χ1n) is 8.21. The number of benzene rings is 1. The zero-order chi connectivity index (χ0) is 17.8. The maximum atomic E-state index is 12.5. The van der Waals surface area contributed by atoms with E-state index < -0.39 is 0 Å². The van der Waals surface area contributed by atoms with Crippen LogP contribution < -0.4 is 0 Å². The molecule has 25 heavy (non-hydrogen) atoms. The predicted molar refractivity (Wildman–Crippen MR) is 93.6 cm³/mol. The van der Waals surface area contributed by atoms with E-state index in [4.69, 9.17) is 5.21 Å². The van der Waals surface area contributed by atoms with E-state index in [-0.39, 0.29) is 16.5 Å². The van der Waals surface area contributed by atoms with E-state index in [9.17, 15) is 9.70 Å². The van der Waals surface area contributed by atoms with E-state index in [1.807, 2.05) is 30.0 Å². The van der Waals surface area contributed by atoms with Gasteiger partial charge in [0.05, 0.1) is 10.6 Å². The summed E-state index contributed by atoms with van der Waals surface area (Å²) in [7, 11) is 0. The van der Waals surface area contributed by atoms with Crippen molar-refractivity contribution in [3.05, 3.63) is 69.9 Å². The number of carbonyl (C=O) groups excluding carboxylic acids is 1. The van der Waals surface area contributed by atoms with Crippen molar-refractivity contribution >= 4 is 17.7 Å². The molecule has 0 spiro atoms. The van der Waals surface area contributed by atoms with Crippen LogP contribution in [-0.2, 0) is 0 Å². The van der Waals surface area contributed by atoms with Crippen molar-refractivity contribution in [2.45, 2.75) is 19.8 Å². The van der Waals surface area contributed by atoms with Gasteiger partial charge in [-0.3, -0.25) is 9.78 Å². The van der Waals surface area contributed by atoms with Gasteiger partial charge in [-0.1, -0.05) is 11.6 Å². The highest BCUT2D eigenvalue weighted by Crippen LogP contribution is 2.21. The van der Waals surface area contributed by atoms with Crippen LogP contribution in [0, 0.1) is 11.8 Å². The number of piperidine rings is 1. The van der Waals surface area contributed by atoms with Crippen LogP contribution in [0.4, 0.5) is 5.69 Å². The fourth-order valence-electron chi connectivity index (χ4n) is 2.91. The summed E-state index contributed by atoms with van der Waals surface area (Å²) in [6, 6.07) is 11.9. The third-order valence-corrected chi connectivity index (χ3v) is 4.29. The molecule has 2 aromatic rings. The number of amides is 1. The van der Waals surface area contributed by atoms with Gasteiger partial charge in [0.15, 0.2) is 0 Å². The predicted octanol–water partition coefficient (Wildman–Crippen LogP) is 3.51. The molecule has 1 aromatic carbocycles. The molecule has 6 nitrogen and oxygen atoms in total. The van der Waals surface area contributed by atoms with Crippen molar-refractivity contribution in [1.29, 1.82) is 0 Å². The van der Waals surface area contributed by atoms with E-state index in [0.717, 1.165) is 24.2 Å². The second kappa shape index (κ2) is 7.25. The lowest BCUT2D eigenvalue weighted by molar-refractivity contribution is -0.729. The summed E-state index contributed by atoms with van der Waals surface area (Å²) in [4.78, 5) is 29.4. The zero-order valence-electron chi connectivity index (χ0n) is 14.1. The third-order valence-electron chi connectivity index (χ3n) is 4.29. The van der Waals surface area contributed by atoms with Crippen molar-refractivity contribution < 1.29 is 14.9 Å². The molecule has 1 aliphatic rings. The molecule has 1 amide bonds. The number of aryl methyl sites for hydroxylation is 1. The van der Waals surface area contributed by atoms with Crippen LogP contribution in [0.1, 0.15) is 34.6 Å². The Kier molecular flexibility index (Phi) is 4.88. The van der Waals surface area contributed by atoms with Crippen molar-refractivity contribution in [3.8, 4) is 0 Å². The van der Waals surface area contributed by atoms with Crippen molar-refractivity contribution in [2.75, 3.05) is 13.1 Å². The van der Waals surface area contributed by atoms with Gasteiger partial charge in [-0.25, -0.2) is 5.21 Å². The van der Waals surface area contributed by atoms with Crippen molar-refractivity contribution in [3.63, 3.8) is 0 Å². The van der Waals surface area contributed by atoms with Crippen LogP contribution in [0.5, 0.6) is 0 Å². The highest BCUT2D eigenvalue weighted by atomic mass is 16.6. The Labute approximate surface area is 146 Å². The summed E-state index contributed by atoms with van der Waals surface area (Å²) in [6.45, 7) is 3.29. The van der Waals surface area contributed by atoms with E-state index in [2.05, 4.69) is 11.1 Å². The Balaban J connectivity index is 1.63. The molecule has 0 aliphatic carbocycles. The van der Waals surface area contributed by atoms with Gasteiger partial charge in [-0.05, 0) is 50.1 Å². The summed E-state index contributed by atoms with van der Waals surface area (Å²) < 4.78 is 0. The monoisotopic (exact) mass is 338 g/mol. The van der Waals surface area contributed by atoms with Gasteiger partial charge < -0.3 is 4.90 Å². The molecule has 2 heterocycles. The molecule has 1 N–H and O–H groups in total. The number of nitrogens with zero attached hydrogens (tertiary/aromatic N) is 3. The minimum atomic E-state index is -0.217. The Morgan fingerprint density at radius 2 is 1.84 bits per heavy atom. The van der Waals surface area contributed by atoms with Gasteiger partial charge in [-0.2, -0.15) is 0 Å². The number of carbonyl (C=O) groups is 1. The molecule has 1 fully saturated rings. The van der Waals surface area contributed by atoms with E-state index >= 15 is 0 Å². The molecule has 1 aliphatic heterocycles.